The van der Waals surface area contributed by atoms with E-state index in [2.05, 4.69) is 36.5 Å². The molecule has 4 nitrogen and oxygen atoms in total. The first kappa shape index (κ1) is 19.8. The average Bonchev–Trinajstić information content (AvgIpc) is 3.15. The number of rotatable bonds is 8. The minimum Gasteiger partial charge on any atom is -0.343 e. The van der Waals surface area contributed by atoms with Gasteiger partial charge in [-0.15, -0.1) is 11.3 Å². The lowest BCUT2D eigenvalue weighted by Gasteiger charge is -2.22. The molecule has 0 aliphatic carbocycles. The predicted octanol–water partition coefficient (Wildman–Crippen LogP) is 4.06. The number of nitrogens with one attached hydrogen (secondary N) is 1. The molecular formula is C23H24N2O2S. The first-order valence-corrected chi connectivity index (χ1v) is 10.1. The van der Waals surface area contributed by atoms with E-state index in [9.17, 15) is 9.59 Å². The van der Waals surface area contributed by atoms with Crippen molar-refractivity contribution in [1.29, 1.82) is 0 Å². The van der Waals surface area contributed by atoms with E-state index in [1.807, 2.05) is 41.3 Å². The van der Waals surface area contributed by atoms with E-state index in [0.717, 1.165) is 11.3 Å². The van der Waals surface area contributed by atoms with Crippen LogP contribution >= 0.6 is 11.3 Å². The van der Waals surface area contributed by atoms with Crippen LogP contribution in [0.3, 0.4) is 0 Å². The van der Waals surface area contributed by atoms with Gasteiger partial charge in [0.25, 0.3) is 5.91 Å². The molecule has 0 fully saturated rings. The smallest absolute Gasteiger partial charge is 0.251 e. The summed E-state index contributed by atoms with van der Waals surface area (Å²) in [6.07, 6.45) is 0.781. The van der Waals surface area contributed by atoms with E-state index in [4.69, 9.17) is 0 Å². The second-order valence-corrected chi connectivity index (χ2v) is 7.98. The fourth-order valence-corrected chi connectivity index (χ4v) is 3.82. The Morgan fingerprint density at radius 1 is 0.929 bits per heavy atom. The summed E-state index contributed by atoms with van der Waals surface area (Å²) in [5.41, 5.74) is 1.75. The van der Waals surface area contributed by atoms with Crippen LogP contribution in [-0.4, -0.2) is 29.8 Å². The second kappa shape index (κ2) is 9.85. The molecule has 5 heteroatoms. The van der Waals surface area contributed by atoms with Crippen molar-refractivity contribution in [1.82, 2.24) is 10.2 Å². The van der Waals surface area contributed by atoms with Gasteiger partial charge in [-0.25, -0.2) is 0 Å². The Bertz CT molecular complexity index is 907. The van der Waals surface area contributed by atoms with E-state index < -0.39 is 0 Å². The molecule has 0 atom stereocenters. The summed E-state index contributed by atoms with van der Waals surface area (Å²) in [5.74, 6) is -0.310. The Balaban J connectivity index is 1.62. The molecule has 144 valence electrons. The normalized spacial score (nSPS) is 10.5. The quantitative estimate of drug-likeness (QED) is 0.629. The summed E-state index contributed by atoms with van der Waals surface area (Å²) in [4.78, 5) is 29.3. The summed E-state index contributed by atoms with van der Waals surface area (Å²) in [6.45, 7) is 3.23. The molecule has 3 aromatic rings. The summed E-state index contributed by atoms with van der Waals surface area (Å²) in [7, 11) is 0. The number of carbonyl (C=O) groups excluding carboxylic acids is 2. The molecule has 0 spiro atoms. The molecule has 2 aromatic carbocycles. The van der Waals surface area contributed by atoms with Crippen molar-refractivity contribution in [3.63, 3.8) is 0 Å². The molecule has 28 heavy (non-hydrogen) atoms. The van der Waals surface area contributed by atoms with Crippen molar-refractivity contribution in [3.05, 3.63) is 93.7 Å². The van der Waals surface area contributed by atoms with E-state index in [1.54, 1.807) is 23.5 Å². The molecule has 3 rings (SSSR count). The van der Waals surface area contributed by atoms with Crippen molar-refractivity contribution in [2.75, 3.05) is 13.1 Å². The summed E-state index contributed by atoms with van der Waals surface area (Å²) in [5, 5.41) is 2.74. The largest absolute Gasteiger partial charge is 0.343 e. The van der Waals surface area contributed by atoms with Crippen molar-refractivity contribution < 1.29 is 9.59 Å². The SMILES string of the molecule is Cc1ccc(CN(CCc2ccccc2)C(=O)CNC(=O)c2ccccc2)s1. The van der Waals surface area contributed by atoms with Gasteiger partial charge in [0.1, 0.15) is 0 Å². The Morgan fingerprint density at radius 2 is 1.61 bits per heavy atom. The number of benzene rings is 2. The molecule has 0 saturated carbocycles. The molecular weight excluding hydrogens is 368 g/mol. The van der Waals surface area contributed by atoms with Gasteiger partial charge in [0.2, 0.25) is 5.91 Å². The third-order valence-electron chi connectivity index (χ3n) is 4.44. The van der Waals surface area contributed by atoms with Crippen LogP contribution in [0.25, 0.3) is 0 Å². The number of amides is 2. The molecule has 0 unspecified atom stereocenters. The fourth-order valence-electron chi connectivity index (χ4n) is 2.92. The topological polar surface area (TPSA) is 49.4 Å². The predicted molar refractivity (Wildman–Crippen MR) is 113 cm³/mol. The molecule has 0 radical (unpaired) electrons. The van der Waals surface area contributed by atoms with E-state index in [-0.39, 0.29) is 18.4 Å². The van der Waals surface area contributed by atoms with E-state index in [1.165, 1.54) is 10.4 Å². The summed E-state index contributed by atoms with van der Waals surface area (Å²) in [6, 6.07) is 23.2. The Kier molecular flexibility index (Phi) is 6.98. The highest BCUT2D eigenvalue weighted by molar-refractivity contribution is 7.11. The average molecular weight is 393 g/mol. The number of thiophene rings is 1. The number of hydrogen-bond acceptors (Lipinski definition) is 3. The fraction of sp³-hybridized carbons (Fsp3) is 0.217. The maximum Gasteiger partial charge on any atom is 0.251 e. The standard InChI is InChI=1S/C23H24N2O2S/c1-18-12-13-21(28-18)17-25(15-14-19-8-4-2-5-9-19)22(26)16-24-23(27)20-10-6-3-7-11-20/h2-13H,14-17H2,1H3,(H,24,27). The van der Waals surface area contributed by atoms with Gasteiger partial charge in [-0.2, -0.15) is 0 Å². The molecule has 1 N–H and O–H groups in total. The zero-order valence-corrected chi connectivity index (χ0v) is 16.7. The highest BCUT2D eigenvalue weighted by Crippen LogP contribution is 2.17. The van der Waals surface area contributed by atoms with Gasteiger partial charge in [-0.3, -0.25) is 9.59 Å². The van der Waals surface area contributed by atoms with Crippen LogP contribution in [0.4, 0.5) is 0 Å². The maximum absolute atomic E-state index is 12.8. The molecule has 0 aliphatic heterocycles. The van der Waals surface area contributed by atoms with Gasteiger partial charge < -0.3 is 10.2 Å². The minimum absolute atomic E-state index is 0.00707. The zero-order chi connectivity index (χ0) is 19.8. The van der Waals surface area contributed by atoms with E-state index >= 15 is 0 Å². The van der Waals surface area contributed by atoms with Gasteiger partial charge in [0.05, 0.1) is 13.1 Å². The Morgan fingerprint density at radius 3 is 2.25 bits per heavy atom. The molecule has 0 saturated heterocycles. The van der Waals surface area contributed by atoms with Crippen LogP contribution in [-0.2, 0) is 17.8 Å². The van der Waals surface area contributed by atoms with Gasteiger partial charge >= 0.3 is 0 Å². The van der Waals surface area contributed by atoms with Crippen LogP contribution < -0.4 is 5.32 Å². The first-order valence-electron chi connectivity index (χ1n) is 9.32. The first-order chi connectivity index (χ1) is 13.6. The molecule has 2 amide bonds. The zero-order valence-electron chi connectivity index (χ0n) is 15.9. The monoisotopic (exact) mass is 392 g/mol. The highest BCUT2D eigenvalue weighted by atomic mass is 32.1. The molecule has 1 heterocycles. The summed E-state index contributed by atoms with van der Waals surface area (Å²) < 4.78 is 0. The third kappa shape index (κ3) is 5.79. The molecule has 1 aromatic heterocycles. The van der Waals surface area contributed by atoms with E-state index in [0.29, 0.717) is 18.7 Å². The lowest BCUT2D eigenvalue weighted by molar-refractivity contribution is -0.130. The van der Waals surface area contributed by atoms with Crippen LogP contribution in [0.5, 0.6) is 0 Å². The second-order valence-electron chi connectivity index (χ2n) is 6.61. The lowest BCUT2D eigenvalue weighted by Crippen LogP contribution is -2.40. The maximum atomic E-state index is 12.8. The van der Waals surface area contributed by atoms with Crippen LogP contribution in [0.15, 0.2) is 72.8 Å². The molecule has 0 bridgehead atoms. The number of nitrogens with zero attached hydrogens (tertiary/aromatic N) is 1. The van der Waals surface area contributed by atoms with Crippen LogP contribution in [0.1, 0.15) is 25.7 Å². The molecule has 0 aliphatic rings. The van der Waals surface area contributed by atoms with Crippen molar-refractivity contribution in [3.8, 4) is 0 Å². The Hall–Kier alpha value is -2.92. The lowest BCUT2D eigenvalue weighted by atomic mass is 10.1. The van der Waals surface area contributed by atoms with Gasteiger partial charge in [-0.05, 0) is 43.2 Å². The summed E-state index contributed by atoms with van der Waals surface area (Å²) >= 11 is 1.70. The van der Waals surface area contributed by atoms with Crippen LogP contribution in [0.2, 0.25) is 0 Å². The number of carbonyl (C=O) groups is 2. The van der Waals surface area contributed by atoms with Crippen molar-refractivity contribution in [2.45, 2.75) is 19.9 Å². The van der Waals surface area contributed by atoms with Gasteiger partial charge in [-0.1, -0.05) is 48.5 Å². The van der Waals surface area contributed by atoms with Crippen LogP contribution in [0, 0.1) is 6.92 Å². The van der Waals surface area contributed by atoms with Crippen molar-refractivity contribution >= 4 is 23.2 Å². The minimum atomic E-state index is -0.232. The highest BCUT2D eigenvalue weighted by Gasteiger charge is 2.16. The number of hydrogen-bond donors (Lipinski definition) is 1. The Labute approximate surface area is 169 Å². The van der Waals surface area contributed by atoms with Gasteiger partial charge in [0.15, 0.2) is 0 Å². The number of aryl methyl sites for hydroxylation is 1. The van der Waals surface area contributed by atoms with Crippen molar-refractivity contribution in [2.24, 2.45) is 0 Å². The third-order valence-corrected chi connectivity index (χ3v) is 5.43. The van der Waals surface area contributed by atoms with Gasteiger partial charge in [0, 0.05) is 21.9 Å².